The second kappa shape index (κ2) is 6.12. The van der Waals surface area contributed by atoms with Crippen LogP contribution in [0, 0.1) is 8.99 Å². The zero-order chi connectivity index (χ0) is 13.8. The molecule has 1 aromatic heterocycles. The van der Waals surface area contributed by atoms with Crippen LogP contribution in [0.3, 0.4) is 0 Å². The molecule has 18 heavy (non-hydrogen) atoms. The number of aromatic nitrogens is 1. The van der Waals surface area contributed by atoms with Gasteiger partial charge in [0.1, 0.15) is 12.4 Å². The lowest BCUT2D eigenvalue weighted by atomic mass is 9.93. The van der Waals surface area contributed by atoms with Gasteiger partial charge < -0.3 is 10.1 Å². The summed E-state index contributed by atoms with van der Waals surface area (Å²) in [5, 5.41) is 2.69. The molecule has 0 aliphatic heterocycles. The molecule has 1 N–H and O–H groups in total. The van der Waals surface area contributed by atoms with Gasteiger partial charge >= 0.3 is 5.97 Å². The van der Waals surface area contributed by atoms with Crippen molar-refractivity contribution in [3.05, 3.63) is 21.9 Å². The molecular formula is C12H15IN2O3. The van der Waals surface area contributed by atoms with E-state index in [4.69, 9.17) is 4.74 Å². The summed E-state index contributed by atoms with van der Waals surface area (Å²) in [5.74, 6) is -0.156. The van der Waals surface area contributed by atoms with Crippen molar-refractivity contribution in [1.29, 1.82) is 0 Å². The third kappa shape index (κ3) is 4.59. The molecular weight excluding hydrogens is 347 g/mol. The highest BCUT2D eigenvalue weighted by molar-refractivity contribution is 14.1. The summed E-state index contributed by atoms with van der Waals surface area (Å²) in [5.41, 5.74) is -0.795. The molecule has 0 saturated carbocycles. The van der Waals surface area contributed by atoms with Crippen molar-refractivity contribution in [3.8, 4) is 0 Å². The lowest BCUT2D eigenvalue weighted by Gasteiger charge is -2.22. The number of hydrogen-bond acceptors (Lipinski definition) is 4. The van der Waals surface area contributed by atoms with Gasteiger partial charge in [0.2, 0.25) is 5.91 Å². The topological polar surface area (TPSA) is 68.3 Å². The van der Waals surface area contributed by atoms with Gasteiger partial charge in [-0.1, -0.05) is 0 Å². The smallest absolute Gasteiger partial charge is 0.302 e. The number of carbonyl (C=O) groups is 2. The van der Waals surface area contributed by atoms with Crippen molar-refractivity contribution in [2.75, 3.05) is 11.9 Å². The number of carbonyl (C=O) groups excluding carboxylic acids is 2. The molecule has 1 amide bonds. The minimum atomic E-state index is -0.795. The van der Waals surface area contributed by atoms with Crippen LogP contribution in [-0.2, 0) is 14.3 Å². The second-order valence-corrected chi connectivity index (χ2v) is 5.73. The van der Waals surface area contributed by atoms with Crippen LogP contribution in [0.2, 0.25) is 0 Å². The lowest BCUT2D eigenvalue weighted by molar-refractivity contribution is -0.146. The summed E-state index contributed by atoms with van der Waals surface area (Å²) in [6.45, 7) is 4.77. The van der Waals surface area contributed by atoms with E-state index in [-0.39, 0.29) is 12.5 Å². The third-order valence-electron chi connectivity index (χ3n) is 2.22. The molecule has 1 heterocycles. The normalized spacial score (nSPS) is 10.9. The molecule has 0 bridgehead atoms. The molecule has 1 aromatic rings. The number of nitrogens with zero attached hydrogens (tertiary/aromatic N) is 1. The average Bonchev–Trinajstić information content (AvgIpc) is 2.29. The van der Waals surface area contributed by atoms with Gasteiger partial charge in [0.05, 0.1) is 5.41 Å². The van der Waals surface area contributed by atoms with Crippen LogP contribution in [0.5, 0.6) is 0 Å². The quantitative estimate of drug-likeness (QED) is 0.659. The highest BCUT2D eigenvalue weighted by Gasteiger charge is 2.29. The first-order chi connectivity index (χ1) is 8.31. The van der Waals surface area contributed by atoms with Crippen molar-refractivity contribution < 1.29 is 14.3 Å². The highest BCUT2D eigenvalue weighted by Crippen LogP contribution is 2.18. The van der Waals surface area contributed by atoms with Crippen molar-refractivity contribution in [1.82, 2.24) is 4.98 Å². The number of hydrogen-bond donors (Lipinski definition) is 1. The highest BCUT2D eigenvalue weighted by atomic mass is 127. The number of rotatable bonds is 4. The Morgan fingerprint density at radius 2 is 2.11 bits per heavy atom. The maximum atomic E-state index is 12.0. The Balaban J connectivity index is 2.63. The van der Waals surface area contributed by atoms with Crippen LogP contribution in [0.25, 0.3) is 0 Å². The fraction of sp³-hybridized carbons (Fsp3) is 0.417. The molecule has 0 aliphatic carbocycles. The summed E-state index contributed by atoms with van der Waals surface area (Å²) in [6, 6.07) is 3.57. The van der Waals surface area contributed by atoms with E-state index < -0.39 is 11.4 Å². The standard InChI is InChI=1S/C12H15IN2O3/c1-8(16)18-7-12(2,3)11(17)15-10-5-4-9(13)6-14-10/h4-6H,7H2,1-3H3,(H,14,15,17). The molecule has 0 unspecified atom stereocenters. The fourth-order valence-corrected chi connectivity index (χ4v) is 1.40. The monoisotopic (exact) mass is 362 g/mol. The number of anilines is 1. The zero-order valence-corrected chi connectivity index (χ0v) is 12.6. The predicted molar refractivity (Wildman–Crippen MR) is 76.0 cm³/mol. The Kier molecular flexibility index (Phi) is 5.06. The Hall–Kier alpha value is -1.18. The van der Waals surface area contributed by atoms with Crippen LogP contribution >= 0.6 is 22.6 Å². The van der Waals surface area contributed by atoms with E-state index in [1.54, 1.807) is 26.1 Å². The van der Waals surface area contributed by atoms with E-state index in [0.29, 0.717) is 5.82 Å². The minimum absolute atomic E-state index is 0.0402. The molecule has 0 saturated heterocycles. The van der Waals surface area contributed by atoms with Gasteiger partial charge in [-0.3, -0.25) is 9.59 Å². The number of pyridine rings is 1. The zero-order valence-electron chi connectivity index (χ0n) is 10.5. The Morgan fingerprint density at radius 1 is 1.44 bits per heavy atom. The van der Waals surface area contributed by atoms with Crippen molar-refractivity contribution in [2.24, 2.45) is 5.41 Å². The minimum Gasteiger partial charge on any atom is -0.465 e. The van der Waals surface area contributed by atoms with E-state index in [1.165, 1.54) is 6.92 Å². The van der Waals surface area contributed by atoms with Gasteiger partial charge in [-0.15, -0.1) is 0 Å². The number of nitrogens with one attached hydrogen (secondary N) is 1. The van der Waals surface area contributed by atoms with Crippen LogP contribution in [0.15, 0.2) is 18.3 Å². The molecule has 98 valence electrons. The van der Waals surface area contributed by atoms with Crippen molar-refractivity contribution >= 4 is 40.3 Å². The number of ether oxygens (including phenoxy) is 1. The Labute approximate surface area is 119 Å². The SMILES string of the molecule is CC(=O)OCC(C)(C)C(=O)Nc1ccc(I)cn1. The first-order valence-electron chi connectivity index (χ1n) is 5.37. The average molecular weight is 362 g/mol. The predicted octanol–water partition coefficient (Wildman–Crippen LogP) is 2.21. The van der Waals surface area contributed by atoms with E-state index in [9.17, 15) is 9.59 Å². The maximum absolute atomic E-state index is 12.0. The molecule has 0 fully saturated rings. The molecule has 0 atom stereocenters. The largest absolute Gasteiger partial charge is 0.465 e. The first-order valence-corrected chi connectivity index (χ1v) is 6.45. The van der Waals surface area contributed by atoms with Gasteiger partial charge in [-0.05, 0) is 48.6 Å². The molecule has 0 aliphatic rings. The van der Waals surface area contributed by atoms with Crippen LogP contribution in [0.4, 0.5) is 5.82 Å². The third-order valence-corrected chi connectivity index (χ3v) is 2.86. The molecule has 1 rings (SSSR count). The molecule has 5 nitrogen and oxygen atoms in total. The van der Waals surface area contributed by atoms with Crippen molar-refractivity contribution in [2.45, 2.75) is 20.8 Å². The van der Waals surface area contributed by atoms with Crippen LogP contribution < -0.4 is 5.32 Å². The Morgan fingerprint density at radius 3 is 2.61 bits per heavy atom. The van der Waals surface area contributed by atoms with Gasteiger partial charge in [0.25, 0.3) is 0 Å². The molecule has 6 heteroatoms. The lowest BCUT2D eigenvalue weighted by Crippen LogP contribution is -2.35. The van der Waals surface area contributed by atoms with E-state index in [2.05, 4.69) is 32.9 Å². The van der Waals surface area contributed by atoms with E-state index in [0.717, 1.165) is 3.57 Å². The summed E-state index contributed by atoms with van der Waals surface area (Å²) in [7, 11) is 0. The summed E-state index contributed by atoms with van der Waals surface area (Å²) < 4.78 is 5.85. The number of esters is 1. The summed E-state index contributed by atoms with van der Waals surface area (Å²) in [6.07, 6.45) is 1.66. The van der Waals surface area contributed by atoms with Gasteiger partial charge in [0, 0.05) is 16.7 Å². The van der Waals surface area contributed by atoms with Crippen molar-refractivity contribution in [3.63, 3.8) is 0 Å². The van der Waals surface area contributed by atoms with E-state index in [1.807, 2.05) is 6.07 Å². The van der Waals surface area contributed by atoms with Crippen LogP contribution in [0.1, 0.15) is 20.8 Å². The molecule has 0 radical (unpaired) electrons. The van der Waals surface area contributed by atoms with E-state index >= 15 is 0 Å². The van der Waals surface area contributed by atoms with Gasteiger partial charge in [0.15, 0.2) is 0 Å². The van der Waals surface area contributed by atoms with Crippen LogP contribution in [-0.4, -0.2) is 23.5 Å². The maximum Gasteiger partial charge on any atom is 0.302 e. The second-order valence-electron chi connectivity index (χ2n) is 4.48. The molecule has 0 aromatic carbocycles. The number of amides is 1. The van der Waals surface area contributed by atoms with Gasteiger partial charge in [-0.2, -0.15) is 0 Å². The fourth-order valence-electron chi connectivity index (χ4n) is 1.08. The summed E-state index contributed by atoms with van der Waals surface area (Å²) in [4.78, 5) is 26.8. The Bertz CT molecular complexity index is 443. The summed E-state index contributed by atoms with van der Waals surface area (Å²) >= 11 is 2.13. The first kappa shape index (κ1) is 14.9. The molecule has 0 spiro atoms. The number of halogens is 1. The van der Waals surface area contributed by atoms with Gasteiger partial charge in [-0.25, -0.2) is 4.98 Å².